The fourth-order valence-electron chi connectivity index (χ4n) is 4.05. The first-order valence-corrected chi connectivity index (χ1v) is 10.1. The molecule has 2 fully saturated rings. The zero-order chi connectivity index (χ0) is 17.2. The molecule has 0 spiro atoms. The molecule has 148 valence electrons. The van der Waals surface area contributed by atoms with Gasteiger partial charge in [0.2, 0.25) is 0 Å². The minimum absolute atomic E-state index is 0. The molecule has 1 N–H and O–H groups in total. The Kier molecular flexibility index (Phi) is 12.1. The summed E-state index contributed by atoms with van der Waals surface area (Å²) < 4.78 is 5.41. The molecule has 0 aromatic carbocycles. The highest BCUT2D eigenvalue weighted by Gasteiger charge is 2.29. The molecular formula is C19H39IN4O. The zero-order valence-electron chi connectivity index (χ0n) is 16.5. The summed E-state index contributed by atoms with van der Waals surface area (Å²) in [5.41, 5.74) is 0. The molecule has 6 heteroatoms. The number of ether oxygens (including phenoxy) is 1. The first-order chi connectivity index (χ1) is 11.8. The Labute approximate surface area is 172 Å². The van der Waals surface area contributed by atoms with Crippen molar-refractivity contribution in [2.24, 2.45) is 16.8 Å². The summed E-state index contributed by atoms with van der Waals surface area (Å²) in [4.78, 5) is 9.88. The lowest BCUT2D eigenvalue weighted by Crippen LogP contribution is -2.40. The summed E-state index contributed by atoms with van der Waals surface area (Å²) in [6.45, 7) is 16.1. The summed E-state index contributed by atoms with van der Waals surface area (Å²) in [5, 5.41) is 3.50. The van der Waals surface area contributed by atoms with Gasteiger partial charge in [-0.25, -0.2) is 0 Å². The van der Waals surface area contributed by atoms with Gasteiger partial charge in [-0.3, -0.25) is 9.89 Å². The van der Waals surface area contributed by atoms with E-state index in [2.05, 4.69) is 35.9 Å². The summed E-state index contributed by atoms with van der Waals surface area (Å²) >= 11 is 0. The van der Waals surface area contributed by atoms with E-state index in [4.69, 9.17) is 9.73 Å². The van der Waals surface area contributed by atoms with Crippen LogP contribution in [0.15, 0.2) is 4.99 Å². The lowest BCUT2D eigenvalue weighted by molar-refractivity contribution is 0.0377. The van der Waals surface area contributed by atoms with Crippen LogP contribution in [0.1, 0.15) is 46.5 Å². The maximum atomic E-state index is 5.41. The van der Waals surface area contributed by atoms with Gasteiger partial charge in [0.1, 0.15) is 0 Å². The molecular weight excluding hydrogens is 427 g/mol. The van der Waals surface area contributed by atoms with Crippen molar-refractivity contribution >= 4 is 29.9 Å². The number of halogens is 1. The molecule has 2 heterocycles. The maximum Gasteiger partial charge on any atom is 0.193 e. The Bertz CT molecular complexity index is 370. The van der Waals surface area contributed by atoms with Crippen LogP contribution in [0.25, 0.3) is 0 Å². The van der Waals surface area contributed by atoms with Crippen LogP contribution in [0.5, 0.6) is 0 Å². The number of guanidine groups is 1. The Morgan fingerprint density at radius 1 is 1.16 bits per heavy atom. The average Bonchev–Trinajstić information content (AvgIpc) is 3.09. The van der Waals surface area contributed by atoms with E-state index in [1.165, 1.54) is 25.8 Å². The largest absolute Gasteiger partial charge is 0.379 e. The summed E-state index contributed by atoms with van der Waals surface area (Å²) in [6.07, 6.45) is 5.08. The van der Waals surface area contributed by atoms with Crippen LogP contribution in [0, 0.1) is 11.8 Å². The molecule has 25 heavy (non-hydrogen) atoms. The molecule has 0 aliphatic carbocycles. The Morgan fingerprint density at radius 2 is 1.88 bits per heavy atom. The van der Waals surface area contributed by atoms with Crippen molar-refractivity contribution in [3.8, 4) is 0 Å². The third kappa shape index (κ3) is 7.59. The second kappa shape index (κ2) is 13.1. The van der Waals surface area contributed by atoms with E-state index in [1.54, 1.807) is 0 Å². The van der Waals surface area contributed by atoms with E-state index < -0.39 is 0 Å². The van der Waals surface area contributed by atoms with Crippen molar-refractivity contribution in [3.63, 3.8) is 0 Å². The van der Waals surface area contributed by atoms with Gasteiger partial charge in [0.05, 0.1) is 13.2 Å². The number of nitrogens with zero attached hydrogens (tertiary/aromatic N) is 3. The fraction of sp³-hybridized carbons (Fsp3) is 0.947. The van der Waals surface area contributed by atoms with Crippen LogP contribution in [0.2, 0.25) is 0 Å². The van der Waals surface area contributed by atoms with E-state index in [1.807, 2.05) is 0 Å². The zero-order valence-corrected chi connectivity index (χ0v) is 18.8. The van der Waals surface area contributed by atoms with E-state index in [-0.39, 0.29) is 24.0 Å². The molecule has 0 aromatic heterocycles. The standard InChI is InChI=1S/C19H38N4O.HI/c1-4-17(5-2)18-8-11-23(16-18)19(20-6-3)21-9-7-10-22-12-14-24-15-13-22;/h17-18H,4-16H2,1-3H3,(H,20,21);1H. The number of likely N-dealkylation sites (tertiary alicyclic amines) is 1. The van der Waals surface area contributed by atoms with Crippen LogP contribution in [0.3, 0.4) is 0 Å². The van der Waals surface area contributed by atoms with Gasteiger partial charge in [-0.15, -0.1) is 24.0 Å². The predicted molar refractivity (Wildman–Crippen MR) is 117 cm³/mol. The van der Waals surface area contributed by atoms with Gasteiger partial charge < -0.3 is 15.0 Å². The Balaban J connectivity index is 0.00000312. The van der Waals surface area contributed by atoms with Gasteiger partial charge >= 0.3 is 0 Å². The number of aliphatic imine (C=N–C) groups is 1. The van der Waals surface area contributed by atoms with E-state index in [9.17, 15) is 0 Å². The molecule has 1 atom stereocenters. The third-order valence-corrected chi connectivity index (χ3v) is 5.57. The minimum Gasteiger partial charge on any atom is -0.379 e. The van der Waals surface area contributed by atoms with Gasteiger partial charge in [0.25, 0.3) is 0 Å². The summed E-state index contributed by atoms with van der Waals surface area (Å²) in [5.74, 6) is 2.85. The second-order valence-electron chi connectivity index (χ2n) is 7.11. The molecule has 5 nitrogen and oxygen atoms in total. The molecule has 0 amide bonds. The molecule has 0 bridgehead atoms. The molecule has 1 unspecified atom stereocenters. The maximum absolute atomic E-state index is 5.41. The van der Waals surface area contributed by atoms with Crippen molar-refractivity contribution in [3.05, 3.63) is 0 Å². The SMILES string of the molecule is CCNC(=NCCCN1CCOCC1)N1CCC(C(CC)CC)C1.I. The van der Waals surface area contributed by atoms with Crippen molar-refractivity contribution < 1.29 is 4.74 Å². The molecule has 2 rings (SSSR count). The van der Waals surface area contributed by atoms with Gasteiger partial charge in [-0.1, -0.05) is 26.7 Å². The molecule has 2 aliphatic heterocycles. The lowest BCUT2D eigenvalue weighted by Gasteiger charge is -2.26. The van der Waals surface area contributed by atoms with E-state index >= 15 is 0 Å². The Hall–Kier alpha value is -0.0800. The molecule has 2 aliphatic rings. The molecule has 0 saturated carbocycles. The van der Waals surface area contributed by atoms with Crippen molar-refractivity contribution in [1.29, 1.82) is 0 Å². The van der Waals surface area contributed by atoms with Gasteiger partial charge in [-0.2, -0.15) is 0 Å². The Morgan fingerprint density at radius 3 is 2.52 bits per heavy atom. The normalized spacial score (nSPS) is 22.3. The van der Waals surface area contributed by atoms with Crippen molar-refractivity contribution in [2.45, 2.75) is 46.5 Å². The molecule has 2 saturated heterocycles. The fourth-order valence-corrected chi connectivity index (χ4v) is 4.05. The first-order valence-electron chi connectivity index (χ1n) is 10.1. The summed E-state index contributed by atoms with van der Waals surface area (Å²) in [6, 6.07) is 0. The van der Waals surface area contributed by atoms with Gasteiger partial charge in [-0.05, 0) is 31.6 Å². The smallest absolute Gasteiger partial charge is 0.193 e. The van der Waals surface area contributed by atoms with Gasteiger partial charge in [0, 0.05) is 45.8 Å². The number of morpholine rings is 1. The van der Waals surface area contributed by atoms with Gasteiger partial charge in [0.15, 0.2) is 5.96 Å². The van der Waals surface area contributed by atoms with Crippen LogP contribution < -0.4 is 5.32 Å². The molecule has 0 aromatic rings. The lowest BCUT2D eigenvalue weighted by atomic mass is 9.87. The number of nitrogens with one attached hydrogen (secondary N) is 1. The number of rotatable bonds is 8. The molecule has 0 radical (unpaired) electrons. The first kappa shape index (κ1) is 23.0. The topological polar surface area (TPSA) is 40.1 Å². The predicted octanol–water partition coefficient (Wildman–Crippen LogP) is 3.05. The number of hydrogen-bond acceptors (Lipinski definition) is 3. The average molecular weight is 466 g/mol. The monoisotopic (exact) mass is 466 g/mol. The highest BCUT2D eigenvalue weighted by Crippen LogP contribution is 2.28. The van der Waals surface area contributed by atoms with Crippen molar-refractivity contribution in [2.75, 3.05) is 59.0 Å². The van der Waals surface area contributed by atoms with Crippen LogP contribution in [-0.4, -0.2) is 74.8 Å². The highest BCUT2D eigenvalue weighted by molar-refractivity contribution is 14.0. The quantitative estimate of drug-likeness (QED) is 0.259. The van der Waals surface area contributed by atoms with Crippen LogP contribution in [-0.2, 0) is 4.74 Å². The third-order valence-electron chi connectivity index (χ3n) is 5.57. The van der Waals surface area contributed by atoms with Crippen LogP contribution >= 0.6 is 24.0 Å². The van der Waals surface area contributed by atoms with Crippen LogP contribution in [0.4, 0.5) is 0 Å². The van der Waals surface area contributed by atoms with Crippen molar-refractivity contribution in [1.82, 2.24) is 15.1 Å². The van der Waals surface area contributed by atoms with E-state index in [0.717, 1.165) is 76.7 Å². The highest BCUT2D eigenvalue weighted by atomic mass is 127. The second-order valence-corrected chi connectivity index (χ2v) is 7.11. The summed E-state index contributed by atoms with van der Waals surface area (Å²) in [7, 11) is 0. The number of hydrogen-bond donors (Lipinski definition) is 1. The minimum atomic E-state index is 0. The van der Waals surface area contributed by atoms with E-state index in [0.29, 0.717) is 0 Å².